The van der Waals surface area contributed by atoms with Gasteiger partial charge >= 0.3 is 0 Å². The molecule has 12 aromatic rings. The van der Waals surface area contributed by atoms with Crippen molar-refractivity contribution in [2.75, 3.05) is 14.7 Å². The Labute approximate surface area is 433 Å². The van der Waals surface area contributed by atoms with Gasteiger partial charge in [-0.25, -0.2) is 0 Å². The molecule has 74 heavy (non-hydrogen) atoms. The standard InChI is InChI=1S/C70H54N4/c1-8-22-51(23-9-1)46-53-37-36-52-38-39-60(47-65(52)66-48-61(40-43-64(53)66)71(54-24-10-2-11-25-54)55-26-12-3-13-27-55)73(58-32-18-6-19-33-58)63-42-45-70-68(50-63)67-49-62(41-44-69(67)74(70)59-34-20-7-21-35-59)72(56-28-14-4-15-29-56)57-30-16-5-17-31-57/h1-35,38-45,47-50,53H,36-37,46H2. The number of aryl methyl sites for hydroxylation is 1. The summed E-state index contributed by atoms with van der Waals surface area (Å²) >= 11 is 0. The molecule has 0 amide bonds. The van der Waals surface area contributed by atoms with Crippen molar-refractivity contribution in [3.8, 4) is 16.8 Å². The first-order chi connectivity index (χ1) is 36.7. The lowest BCUT2D eigenvalue weighted by Crippen LogP contribution is -2.11. The normalized spacial score (nSPS) is 12.9. The van der Waals surface area contributed by atoms with Crippen molar-refractivity contribution in [1.29, 1.82) is 0 Å². The van der Waals surface area contributed by atoms with Crippen molar-refractivity contribution in [3.05, 3.63) is 302 Å². The first-order valence-electron chi connectivity index (χ1n) is 25.8. The van der Waals surface area contributed by atoms with E-state index in [1.807, 2.05) is 0 Å². The minimum atomic E-state index is 0.346. The van der Waals surface area contributed by atoms with Gasteiger partial charge in [-0.2, -0.15) is 0 Å². The lowest BCUT2D eigenvalue weighted by Gasteiger charge is -2.28. The summed E-state index contributed by atoms with van der Waals surface area (Å²) in [5, 5.41) is 2.36. The monoisotopic (exact) mass is 950 g/mol. The van der Waals surface area contributed by atoms with Crippen molar-refractivity contribution < 1.29 is 0 Å². The van der Waals surface area contributed by atoms with E-state index >= 15 is 0 Å². The molecular formula is C70H54N4. The van der Waals surface area contributed by atoms with Crippen LogP contribution in [0.2, 0.25) is 0 Å². The molecule has 354 valence electrons. The van der Waals surface area contributed by atoms with Gasteiger partial charge in [-0.3, -0.25) is 0 Å². The highest BCUT2D eigenvalue weighted by atomic mass is 15.2. The van der Waals surface area contributed by atoms with Crippen LogP contribution in [-0.2, 0) is 12.8 Å². The first kappa shape index (κ1) is 44.6. The smallest absolute Gasteiger partial charge is 0.0542 e. The maximum Gasteiger partial charge on any atom is 0.0542 e. The largest absolute Gasteiger partial charge is 0.310 e. The van der Waals surface area contributed by atoms with E-state index in [-0.39, 0.29) is 0 Å². The number of nitrogens with zero attached hydrogens (tertiary/aromatic N) is 4. The molecule has 0 N–H and O–H groups in total. The molecule has 0 radical (unpaired) electrons. The Kier molecular flexibility index (Phi) is 11.8. The topological polar surface area (TPSA) is 14.7 Å². The molecule has 0 spiro atoms. The number of para-hydroxylation sites is 6. The van der Waals surface area contributed by atoms with Crippen LogP contribution in [0.5, 0.6) is 0 Å². The lowest BCUT2D eigenvalue weighted by molar-refractivity contribution is 0.629. The van der Waals surface area contributed by atoms with Crippen LogP contribution in [0, 0.1) is 0 Å². The second kappa shape index (κ2) is 19.7. The number of rotatable bonds is 12. The zero-order valence-electron chi connectivity index (χ0n) is 41.1. The van der Waals surface area contributed by atoms with Gasteiger partial charge in [-0.1, -0.05) is 152 Å². The van der Waals surface area contributed by atoms with Gasteiger partial charge in [0.05, 0.1) is 11.0 Å². The van der Waals surface area contributed by atoms with Crippen molar-refractivity contribution in [1.82, 2.24) is 4.57 Å². The van der Waals surface area contributed by atoms with Gasteiger partial charge < -0.3 is 19.3 Å². The number of aromatic nitrogens is 1. The molecule has 11 aromatic carbocycles. The molecular weight excluding hydrogens is 897 g/mol. The van der Waals surface area contributed by atoms with E-state index in [2.05, 4.69) is 304 Å². The van der Waals surface area contributed by atoms with E-state index in [0.29, 0.717) is 5.92 Å². The van der Waals surface area contributed by atoms with E-state index in [9.17, 15) is 0 Å². The van der Waals surface area contributed by atoms with Crippen LogP contribution in [0.15, 0.2) is 285 Å². The van der Waals surface area contributed by atoms with Crippen LogP contribution in [0.1, 0.15) is 29.0 Å². The third-order valence-corrected chi connectivity index (χ3v) is 14.8. The Morgan fingerprint density at radius 2 is 0.689 bits per heavy atom. The third kappa shape index (κ3) is 8.46. The highest BCUT2D eigenvalue weighted by Crippen LogP contribution is 2.48. The van der Waals surface area contributed by atoms with Crippen LogP contribution in [-0.4, -0.2) is 4.57 Å². The van der Waals surface area contributed by atoms with E-state index in [0.717, 1.165) is 87.2 Å². The fourth-order valence-electron chi connectivity index (χ4n) is 11.4. The second-order valence-electron chi connectivity index (χ2n) is 19.3. The van der Waals surface area contributed by atoms with Gasteiger partial charge in [0.1, 0.15) is 0 Å². The summed E-state index contributed by atoms with van der Waals surface area (Å²) in [5.74, 6) is 0.346. The Hall–Kier alpha value is -9.38. The van der Waals surface area contributed by atoms with E-state index in [1.54, 1.807) is 0 Å². The number of hydrogen-bond acceptors (Lipinski definition) is 3. The molecule has 1 aliphatic carbocycles. The van der Waals surface area contributed by atoms with Gasteiger partial charge in [0.15, 0.2) is 0 Å². The predicted molar refractivity (Wildman–Crippen MR) is 311 cm³/mol. The van der Waals surface area contributed by atoms with Crippen molar-refractivity contribution in [3.63, 3.8) is 0 Å². The van der Waals surface area contributed by atoms with Crippen LogP contribution < -0.4 is 14.7 Å². The molecule has 1 aliphatic rings. The predicted octanol–water partition coefficient (Wildman–Crippen LogP) is 19.1. The average Bonchev–Trinajstić information content (AvgIpc) is 3.75. The van der Waals surface area contributed by atoms with Crippen molar-refractivity contribution >= 4 is 73.0 Å². The fraction of sp³-hybridized carbons (Fsp3) is 0.0571. The summed E-state index contributed by atoms with van der Waals surface area (Å²) in [6.07, 6.45) is 3.03. The molecule has 1 unspecified atom stereocenters. The summed E-state index contributed by atoms with van der Waals surface area (Å²) in [4.78, 5) is 7.20. The van der Waals surface area contributed by atoms with Gasteiger partial charge in [0, 0.05) is 67.6 Å². The van der Waals surface area contributed by atoms with Crippen LogP contribution >= 0.6 is 0 Å². The summed E-state index contributed by atoms with van der Waals surface area (Å²) < 4.78 is 2.41. The summed E-state index contributed by atoms with van der Waals surface area (Å²) in [7, 11) is 0. The molecule has 0 saturated carbocycles. The molecule has 1 heterocycles. The van der Waals surface area contributed by atoms with E-state index in [1.165, 1.54) is 38.6 Å². The lowest BCUT2D eigenvalue weighted by atomic mass is 9.86. The molecule has 1 aromatic heterocycles. The number of benzene rings is 11. The average molecular weight is 951 g/mol. The SMILES string of the molecule is c1ccc(CC2CCc3ccc(N(c4ccccc4)c4ccc5c(c4)c4cc(N(c6ccccc6)c6ccccc6)ccc4n5-c4ccccc4)cc3-c3cc(N(c4ccccc4)c4ccccc4)ccc32)cc1. The Morgan fingerprint density at radius 3 is 1.15 bits per heavy atom. The van der Waals surface area contributed by atoms with Gasteiger partial charge in [-0.15, -0.1) is 0 Å². The molecule has 4 nitrogen and oxygen atoms in total. The second-order valence-corrected chi connectivity index (χ2v) is 19.3. The number of fused-ring (bicyclic) bond motifs is 6. The minimum absolute atomic E-state index is 0.346. The highest BCUT2D eigenvalue weighted by Gasteiger charge is 2.27. The number of anilines is 9. The van der Waals surface area contributed by atoms with Gasteiger partial charge in [-0.05, 0) is 186 Å². The van der Waals surface area contributed by atoms with Gasteiger partial charge in [0.25, 0.3) is 0 Å². The number of hydrogen-bond donors (Lipinski definition) is 0. The molecule has 0 saturated heterocycles. The Balaban J connectivity index is 1.00. The molecule has 0 fully saturated rings. The van der Waals surface area contributed by atoms with E-state index < -0.39 is 0 Å². The van der Waals surface area contributed by atoms with Crippen molar-refractivity contribution in [2.24, 2.45) is 0 Å². The van der Waals surface area contributed by atoms with Crippen LogP contribution in [0.3, 0.4) is 0 Å². The highest BCUT2D eigenvalue weighted by molar-refractivity contribution is 6.12. The Morgan fingerprint density at radius 1 is 0.324 bits per heavy atom. The summed E-state index contributed by atoms with van der Waals surface area (Å²) in [6, 6.07) is 104. The summed E-state index contributed by atoms with van der Waals surface area (Å²) in [6.45, 7) is 0. The molecule has 4 heteroatoms. The first-order valence-corrected chi connectivity index (χ1v) is 25.8. The quantitative estimate of drug-likeness (QED) is 0.121. The van der Waals surface area contributed by atoms with E-state index in [4.69, 9.17) is 0 Å². The zero-order chi connectivity index (χ0) is 49.2. The zero-order valence-corrected chi connectivity index (χ0v) is 41.1. The maximum absolute atomic E-state index is 2.47. The maximum atomic E-state index is 2.47. The molecule has 0 aliphatic heterocycles. The Bertz CT molecular complexity index is 3780. The van der Waals surface area contributed by atoms with Crippen LogP contribution in [0.4, 0.5) is 51.2 Å². The molecule has 13 rings (SSSR count). The minimum Gasteiger partial charge on any atom is -0.310 e. The van der Waals surface area contributed by atoms with Crippen LogP contribution in [0.25, 0.3) is 38.6 Å². The van der Waals surface area contributed by atoms with Gasteiger partial charge in [0.2, 0.25) is 0 Å². The van der Waals surface area contributed by atoms with Crippen molar-refractivity contribution in [2.45, 2.75) is 25.2 Å². The molecule has 1 atom stereocenters. The summed E-state index contributed by atoms with van der Waals surface area (Å²) in [5.41, 5.74) is 20.1. The third-order valence-electron chi connectivity index (χ3n) is 14.8. The molecule has 0 bridgehead atoms. The fourth-order valence-corrected chi connectivity index (χ4v) is 11.4.